The van der Waals surface area contributed by atoms with Crippen molar-refractivity contribution >= 4 is 68.4 Å². The van der Waals surface area contributed by atoms with Gasteiger partial charge in [-0.3, -0.25) is 4.90 Å². The lowest BCUT2D eigenvalue weighted by atomic mass is 9.33. The molecule has 4 heteroatoms. The molecule has 0 bridgehead atoms. The van der Waals surface area contributed by atoms with Crippen LogP contribution in [0.15, 0.2) is 95.4 Å². The van der Waals surface area contributed by atoms with E-state index in [9.17, 15) is 0 Å². The molecule has 0 saturated carbocycles. The van der Waals surface area contributed by atoms with E-state index in [0.29, 0.717) is 0 Å². The average molecular weight is 739 g/mol. The van der Waals surface area contributed by atoms with E-state index in [0.717, 1.165) is 23.6 Å². The molecule has 286 valence electrons. The highest BCUT2D eigenvalue weighted by Crippen LogP contribution is 2.53. The Morgan fingerprint density at radius 2 is 1.09 bits per heavy atom. The summed E-state index contributed by atoms with van der Waals surface area (Å²) in [7, 11) is 0. The highest BCUT2D eigenvalue weighted by Gasteiger charge is 2.48. The molecule has 0 spiro atoms. The second kappa shape index (κ2) is 11.7. The van der Waals surface area contributed by atoms with Crippen LogP contribution in [0.3, 0.4) is 0 Å². The van der Waals surface area contributed by atoms with Gasteiger partial charge in [-0.2, -0.15) is 0 Å². The minimum atomic E-state index is -0.0180. The van der Waals surface area contributed by atoms with Crippen LogP contribution >= 0.6 is 0 Å². The number of hydrogen-bond donors (Lipinski definition) is 0. The van der Waals surface area contributed by atoms with Gasteiger partial charge in [0, 0.05) is 39.3 Å². The van der Waals surface area contributed by atoms with Crippen molar-refractivity contribution in [2.75, 3.05) is 9.80 Å². The summed E-state index contributed by atoms with van der Waals surface area (Å²) in [5, 5.41) is 1.21. The lowest BCUT2D eigenvalue weighted by Crippen LogP contribution is -2.61. The molecule has 0 saturated heterocycles. The van der Waals surface area contributed by atoms with E-state index in [1.807, 2.05) is 0 Å². The van der Waals surface area contributed by atoms with E-state index in [-0.39, 0.29) is 33.8 Å². The van der Waals surface area contributed by atoms with E-state index >= 15 is 0 Å². The highest BCUT2D eigenvalue weighted by atomic mass is 16.4. The Labute approximate surface area is 336 Å². The topological polar surface area (TPSA) is 19.6 Å². The number of benzene rings is 5. The van der Waals surface area contributed by atoms with E-state index in [4.69, 9.17) is 4.42 Å². The van der Waals surface area contributed by atoms with Crippen molar-refractivity contribution in [3.8, 4) is 0 Å². The van der Waals surface area contributed by atoms with Crippen molar-refractivity contribution in [3.05, 3.63) is 124 Å². The van der Waals surface area contributed by atoms with Gasteiger partial charge in [-0.05, 0) is 139 Å². The second-order valence-electron chi connectivity index (χ2n) is 21.6. The largest absolute Gasteiger partial charge is 0.440 e. The second-order valence-corrected chi connectivity index (χ2v) is 21.6. The number of furan rings is 1. The minimum Gasteiger partial charge on any atom is -0.440 e. The third-order valence-electron chi connectivity index (χ3n) is 13.2. The van der Waals surface area contributed by atoms with Gasteiger partial charge < -0.3 is 9.32 Å². The number of anilines is 6. The van der Waals surface area contributed by atoms with Crippen LogP contribution in [0.5, 0.6) is 0 Å². The monoisotopic (exact) mass is 738 g/mol. The maximum atomic E-state index is 7.21. The summed E-state index contributed by atoms with van der Waals surface area (Å²) in [6, 6.07) is 35.5. The Morgan fingerprint density at radius 3 is 1.73 bits per heavy atom. The van der Waals surface area contributed by atoms with E-state index in [2.05, 4.69) is 198 Å². The summed E-state index contributed by atoms with van der Waals surface area (Å²) in [6.45, 7) is 32.7. The van der Waals surface area contributed by atoms with Gasteiger partial charge in [-0.15, -0.1) is 0 Å². The molecule has 3 aliphatic rings. The first-order valence-corrected chi connectivity index (χ1v) is 20.8. The maximum absolute atomic E-state index is 7.21. The Hall–Kier alpha value is -4.70. The predicted octanol–water partition coefficient (Wildman–Crippen LogP) is 12.7. The van der Waals surface area contributed by atoms with Crippen molar-refractivity contribution < 1.29 is 4.42 Å². The smallest absolute Gasteiger partial charge is 0.257 e. The van der Waals surface area contributed by atoms with Crippen LogP contribution in [-0.4, -0.2) is 6.71 Å². The molecule has 0 N–H and O–H groups in total. The number of fused-ring (bicyclic) bond motifs is 7. The number of rotatable bonds is 2. The van der Waals surface area contributed by atoms with Gasteiger partial charge in [0.2, 0.25) is 5.88 Å². The van der Waals surface area contributed by atoms with Crippen LogP contribution in [0.2, 0.25) is 0 Å². The highest BCUT2D eigenvalue weighted by molar-refractivity contribution is 7.01. The van der Waals surface area contributed by atoms with Gasteiger partial charge in [0.05, 0.1) is 0 Å². The van der Waals surface area contributed by atoms with Crippen LogP contribution in [0.25, 0.3) is 11.0 Å². The first-order valence-electron chi connectivity index (χ1n) is 20.8. The fourth-order valence-electron chi connectivity index (χ4n) is 10.4. The molecule has 0 unspecified atom stereocenters. The fraction of sp³-hybridized carbons (Fsp3) is 0.385. The molecule has 56 heavy (non-hydrogen) atoms. The Bertz CT molecular complexity index is 2580. The molecule has 1 aromatic heterocycles. The molecule has 9 rings (SSSR count). The molecular formula is C52H59BN2O. The van der Waals surface area contributed by atoms with Gasteiger partial charge in [-0.1, -0.05) is 126 Å². The summed E-state index contributed by atoms with van der Waals surface area (Å²) in [5.74, 6) is 0.935. The Morgan fingerprint density at radius 1 is 0.536 bits per heavy atom. The average Bonchev–Trinajstić information content (AvgIpc) is 3.56. The molecule has 0 amide bonds. The zero-order valence-electron chi connectivity index (χ0n) is 36.2. The third-order valence-corrected chi connectivity index (χ3v) is 13.2. The molecule has 0 fully saturated rings. The Kier molecular flexibility index (Phi) is 7.70. The summed E-state index contributed by atoms with van der Waals surface area (Å²) >= 11 is 0. The van der Waals surface area contributed by atoms with Crippen LogP contribution in [0, 0.1) is 6.92 Å². The molecule has 6 aromatic rings. The van der Waals surface area contributed by atoms with E-state index in [1.165, 1.54) is 77.9 Å². The lowest BCUT2D eigenvalue weighted by molar-refractivity contribution is 0.403. The van der Waals surface area contributed by atoms with Crippen LogP contribution < -0.4 is 26.2 Å². The summed E-state index contributed by atoms with van der Waals surface area (Å²) in [6.07, 6.45) is 1.13. The molecule has 0 atom stereocenters. The van der Waals surface area contributed by atoms with E-state index in [1.54, 1.807) is 0 Å². The number of nitrogens with zero attached hydrogens (tertiary/aromatic N) is 2. The van der Waals surface area contributed by atoms with Crippen molar-refractivity contribution in [1.82, 2.24) is 0 Å². The quantitative estimate of drug-likeness (QED) is 0.165. The summed E-state index contributed by atoms with van der Waals surface area (Å²) < 4.78 is 7.21. The molecule has 3 heterocycles. The lowest BCUT2D eigenvalue weighted by Gasteiger charge is -2.43. The molecular weight excluding hydrogens is 679 g/mol. The van der Waals surface area contributed by atoms with Gasteiger partial charge in [0.25, 0.3) is 6.71 Å². The van der Waals surface area contributed by atoms with Gasteiger partial charge in [-0.25, -0.2) is 0 Å². The van der Waals surface area contributed by atoms with Gasteiger partial charge in [0.1, 0.15) is 5.58 Å². The predicted molar refractivity (Wildman–Crippen MR) is 242 cm³/mol. The third kappa shape index (κ3) is 5.52. The zero-order valence-corrected chi connectivity index (χ0v) is 36.2. The number of aryl methyl sites for hydroxylation is 1. The van der Waals surface area contributed by atoms with E-state index < -0.39 is 0 Å². The Balaban J connectivity index is 1.40. The minimum absolute atomic E-state index is 0.00879. The van der Waals surface area contributed by atoms with Gasteiger partial charge in [0.15, 0.2) is 0 Å². The number of hydrogen-bond acceptors (Lipinski definition) is 3. The fourth-order valence-corrected chi connectivity index (χ4v) is 10.4. The SMILES string of the molecule is Cc1cc2c3c(c1)N(c1ccc4c(c1)C(C)(C)CC4(C)C)c1oc4ccc(C(C)(C)C)cc4c1B3c1cc(C(C)(C)C)ccc1N2c1ccc(C(C)(C)C)cc1. The van der Waals surface area contributed by atoms with Crippen molar-refractivity contribution in [3.63, 3.8) is 0 Å². The molecule has 1 aliphatic carbocycles. The standard InChI is InChI=1S/C52H59BN2O/c1-31-25-42-46-43(26-31)55(36-21-22-38-39(29-36)52(13,14)30-51(38,11)12)47-45(37-27-33(49(5,6)7)18-24-44(37)56-47)53(46)40-28-34(50(8,9)10)17-23-41(40)54(42)35-19-15-32(16-20-35)48(2,3)4/h15-29H,30H2,1-14H3. The van der Waals surface area contributed by atoms with Crippen LogP contribution in [0.1, 0.15) is 130 Å². The summed E-state index contributed by atoms with van der Waals surface area (Å²) in [5.41, 5.74) is 19.2. The van der Waals surface area contributed by atoms with Crippen molar-refractivity contribution in [1.29, 1.82) is 0 Å². The van der Waals surface area contributed by atoms with Crippen molar-refractivity contribution in [2.24, 2.45) is 0 Å². The summed E-state index contributed by atoms with van der Waals surface area (Å²) in [4.78, 5) is 5.01. The maximum Gasteiger partial charge on any atom is 0.257 e. The molecule has 2 aliphatic heterocycles. The van der Waals surface area contributed by atoms with Crippen LogP contribution in [-0.2, 0) is 27.1 Å². The van der Waals surface area contributed by atoms with Crippen molar-refractivity contribution in [2.45, 2.75) is 130 Å². The zero-order chi connectivity index (χ0) is 40.1. The first kappa shape index (κ1) is 36.9. The molecule has 3 nitrogen and oxygen atoms in total. The normalized spacial score (nSPS) is 16.9. The van der Waals surface area contributed by atoms with Gasteiger partial charge >= 0.3 is 0 Å². The first-order chi connectivity index (χ1) is 26.0. The van der Waals surface area contributed by atoms with Crippen LogP contribution in [0.4, 0.5) is 34.3 Å². The molecule has 5 aromatic carbocycles. The molecule has 0 radical (unpaired) electrons.